The van der Waals surface area contributed by atoms with E-state index in [2.05, 4.69) is 4.98 Å². The number of para-hydroxylation sites is 2. The Morgan fingerprint density at radius 1 is 1.12 bits per heavy atom. The number of hydrogen-bond donors (Lipinski definition) is 0. The van der Waals surface area contributed by atoms with Crippen LogP contribution in [0.15, 0.2) is 53.9 Å². The third-order valence-electron chi connectivity index (χ3n) is 3.39. The van der Waals surface area contributed by atoms with Crippen molar-refractivity contribution in [2.24, 2.45) is 0 Å². The minimum atomic E-state index is -0.473. The van der Waals surface area contributed by atoms with Crippen LogP contribution in [0.2, 0.25) is 0 Å². The monoisotopic (exact) mass is 355 g/mol. The van der Waals surface area contributed by atoms with Crippen molar-refractivity contribution in [2.75, 3.05) is 7.11 Å². The molecule has 5 nitrogen and oxygen atoms in total. The standard InChI is InChI=1S/C19H17NO4S/c1-13-20-15(12-25-13)11-23-16-7-5-6-14(10-16)19(21)24-18-9-4-3-8-17(18)22-2/h3-10,12H,11H2,1-2H3. The summed E-state index contributed by atoms with van der Waals surface area (Å²) in [6, 6.07) is 13.9. The Labute approximate surface area is 149 Å². The smallest absolute Gasteiger partial charge is 0.343 e. The molecule has 0 saturated heterocycles. The molecule has 0 saturated carbocycles. The van der Waals surface area contributed by atoms with Crippen molar-refractivity contribution in [1.82, 2.24) is 4.98 Å². The molecule has 0 bridgehead atoms. The molecule has 0 N–H and O–H groups in total. The SMILES string of the molecule is COc1ccccc1OC(=O)c1cccc(OCc2csc(C)n2)c1. The summed E-state index contributed by atoms with van der Waals surface area (Å²) in [4.78, 5) is 16.7. The number of benzene rings is 2. The maximum Gasteiger partial charge on any atom is 0.343 e. The van der Waals surface area contributed by atoms with Crippen molar-refractivity contribution in [2.45, 2.75) is 13.5 Å². The predicted molar refractivity (Wildman–Crippen MR) is 95.6 cm³/mol. The van der Waals surface area contributed by atoms with Gasteiger partial charge < -0.3 is 14.2 Å². The lowest BCUT2D eigenvalue weighted by Crippen LogP contribution is -2.09. The number of carbonyl (C=O) groups is 1. The molecule has 128 valence electrons. The van der Waals surface area contributed by atoms with Crippen molar-refractivity contribution in [1.29, 1.82) is 0 Å². The minimum Gasteiger partial charge on any atom is -0.493 e. The number of thiazole rings is 1. The molecule has 0 aliphatic heterocycles. The number of esters is 1. The van der Waals surface area contributed by atoms with Gasteiger partial charge in [-0.25, -0.2) is 9.78 Å². The summed E-state index contributed by atoms with van der Waals surface area (Å²) >= 11 is 1.58. The highest BCUT2D eigenvalue weighted by Crippen LogP contribution is 2.27. The molecular weight excluding hydrogens is 338 g/mol. The molecule has 0 amide bonds. The first-order valence-corrected chi connectivity index (χ1v) is 8.53. The first-order chi connectivity index (χ1) is 12.2. The normalized spacial score (nSPS) is 10.3. The summed E-state index contributed by atoms with van der Waals surface area (Å²) in [5.41, 5.74) is 1.27. The van der Waals surface area contributed by atoms with Gasteiger partial charge in [0.05, 0.1) is 23.4 Å². The van der Waals surface area contributed by atoms with E-state index in [-0.39, 0.29) is 0 Å². The van der Waals surface area contributed by atoms with E-state index in [1.165, 1.54) is 7.11 Å². The van der Waals surface area contributed by atoms with E-state index in [4.69, 9.17) is 14.2 Å². The van der Waals surface area contributed by atoms with Crippen LogP contribution in [-0.2, 0) is 6.61 Å². The van der Waals surface area contributed by atoms with Gasteiger partial charge in [-0.05, 0) is 37.3 Å². The fraction of sp³-hybridized carbons (Fsp3) is 0.158. The van der Waals surface area contributed by atoms with Crippen LogP contribution in [-0.4, -0.2) is 18.1 Å². The van der Waals surface area contributed by atoms with Crippen molar-refractivity contribution < 1.29 is 19.0 Å². The van der Waals surface area contributed by atoms with Gasteiger partial charge in [0.2, 0.25) is 0 Å². The molecule has 0 spiro atoms. The number of carbonyl (C=O) groups excluding carboxylic acids is 1. The van der Waals surface area contributed by atoms with Crippen LogP contribution >= 0.6 is 11.3 Å². The van der Waals surface area contributed by atoms with Crippen LogP contribution in [0.4, 0.5) is 0 Å². The highest BCUT2D eigenvalue weighted by Gasteiger charge is 2.13. The average Bonchev–Trinajstić information content (AvgIpc) is 3.06. The van der Waals surface area contributed by atoms with E-state index >= 15 is 0 Å². The fourth-order valence-corrected chi connectivity index (χ4v) is 2.80. The highest BCUT2D eigenvalue weighted by molar-refractivity contribution is 7.09. The minimum absolute atomic E-state index is 0.356. The lowest BCUT2D eigenvalue weighted by atomic mass is 10.2. The molecule has 3 rings (SSSR count). The molecule has 3 aromatic rings. The summed E-state index contributed by atoms with van der Waals surface area (Å²) in [7, 11) is 1.53. The molecule has 1 aromatic heterocycles. The third-order valence-corrected chi connectivity index (χ3v) is 4.22. The molecule has 0 fully saturated rings. The number of hydrogen-bond acceptors (Lipinski definition) is 6. The molecule has 0 aliphatic rings. The van der Waals surface area contributed by atoms with Gasteiger partial charge in [0.1, 0.15) is 12.4 Å². The second-order valence-electron chi connectivity index (χ2n) is 5.21. The molecule has 1 heterocycles. The Kier molecular flexibility index (Phi) is 5.30. The summed E-state index contributed by atoms with van der Waals surface area (Å²) < 4.78 is 16.3. The lowest BCUT2D eigenvalue weighted by Gasteiger charge is -2.10. The van der Waals surface area contributed by atoms with Crippen molar-refractivity contribution in [3.8, 4) is 17.2 Å². The van der Waals surface area contributed by atoms with Gasteiger partial charge in [0, 0.05) is 5.38 Å². The Hall–Kier alpha value is -2.86. The third kappa shape index (κ3) is 4.36. The van der Waals surface area contributed by atoms with E-state index in [1.807, 2.05) is 18.4 Å². The number of aromatic nitrogens is 1. The largest absolute Gasteiger partial charge is 0.493 e. The number of aryl methyl sites for hydroxylation is 1. The van der Waals surface area contributed by atoms with Gasteiger partial charge in [-0.1, -0.05) is 18.2 Å². The number of rotatable bonds is 6. The molecule has 0 radical (unpaired) electrons. The van der Waals surface area contributed by atoms with Crippen molar-refractivity contribution >= 4 is 17.3 Å². The zero-order chi connectivity index (χ0) is 17.6. The highest BCUT2D eigenvalue weighted by atomic mass is 32.1. The van der Waals surface area contributed by atoms with E-state index in [1.54, 1.807) is 53.8 Å². The molecule has 0 atom stereocenters. The second kappa shape index (κ2) is 7.81. The zero-order valence-electron chi connectivity index (χ0n) is 13.9. The first kappa shape index (κ1) is 17.0. The molecule has 0 unspecified atom stereocenters. The molecule has 25 heavy (non-hydrogen) atoms. The second-order valence-corrected chi connectivity index (χ2v) is 6.28. The van der Waals surface area contributed by atoms with Crippen LogP contribution in [0.3, 0.4) is 0 Å². The molecular formula is C19H17NO4S. The Morgan fingerprint density at radius 2 is 1.92 bits per heavy atom. The van der Waals surface area contributed by atoms with E-state index in [0.29, 0.717) is 29.4 Å². The van der Waals surface area contributed by atoms with Crippen LogP contribution in [0, 0.1) is 6.92 Å². The summed E-state index contributed by atoms with van der Waals surface area (Å²) in [5.74, 6) is 0.987. The maximum atomic E-state index is 12.4. The Bertz CT molecular complexity index is 875. The van der Waals surface area contributed by atoms with Gasteiger partial charge in [-0.3, -0.25) is 0 Å². The number of nitrogens with zero attached hydrogens (tertiary/aromatic N) is 1. The van der Waals surface area contributed by atoms with Gasteiger partial charge in [-0.2, -0.15) is 0 Å². The lowest BCUT2D eigenvalue weighted by molar-refractivity contribution is 0.0729. The van der Waals surface area contributed by atoms with Crippen LogP contribution in [0.1, 0.15) is 21.1 Å². The summed E-state index contributed by atoms with van der Waals surface area (Å²) in [6.07, 6.45) is 0. The summed E-state index contributed by atoms with van der Waals surface area (Å²) in [6.45, 7) is 2.30. The summed E-state index contributed by atoms with van der Waals surface area (Å²) in [5, 5.41) is 2.95. The van der Waals surface area contributed by atoms with Gasteiger partial charge in [0.25, 0.3) is 0 Å². The number of ether oxygens (including phenoxy) is 3. The van der Waals surface area contributed by atoms with E-state index < -0.39 is 5.97 Å². The van der Waals surface area contributed by atoms with Crippen LogP contribution < -0.4 is 14.2 Å². The van der Waals surface area contributed by atoms with Crippen LogP contribution in [0.5, 0.6) is 17.2 Å². The maximum absolute atomic E-state index is 12.4. The molecule has 0 aliphatic carbocycles. The van der Waals surface area contributed by atoms with E-state index in [9.17, 15) is 4.79 Å². The number of methoxy groups -OCH3 is 1. The fourth-order valence-electron chi connectivity index (χ4n) is 2.21. The zero-order valence-corrected chi connectivity index (χ0v) is 14.7. The molecule has 6 heteroatoms. The van der Waals surface area contributed by atoms with Gasteiger partial charge >= 0.3 is 5.97 Å². The first-order valence-electron chi connectivity index (χ1n) is 7.65. The Morgan fingerprint density at radius 3 is 2.64 bits per heavy atom. The quantitative estimate of drug-likeness (QED) is 0.488. The average molecular weight is 355 g/mol. The molecule has 2 aromatic carbocycles. The Balaban J connectivity index is 1.68. The van der Waals surface area contributed by atoms with Crippen molar-refractivity contribution in [3.05, 3.63) is 70.2 Å². The van der Waals surface area contributed by atoms with Crippen molar-refractivity contribution in [3.63, 3.8) is 0 Å². The topological polar surface area (TPSA) is 57.7 Å². The van der Waals surface area contributed by atoms with Gasteiger partial charge in [-0.15, -0.1) is 11.3 Å². The van der Waals surface area contributed by atoms with E-state index in [0.717, 1.165) is 10.7 Å². The van der Waals surface area contributed by atoms with Crippen LogP contribution in [0.25, 0.3) is 0 Å². The predicted octanol–water partition coefficient (Wildman–Crippen LogP) is 4.26. The van der Waals surface area contributed by atoms with Gasteiger partial charge in [0.15, 0.2) is 11.5 Å².